The maximum atomic E-state index is 5.34. The Bertz CT molecular complexity index is 3420. The molecule has 2 nitrogen and oxygen atoms in total. The van der Waals surface area contributed by atoms with Gasteiger partial charge in [0, 0.05) is 36.9 Å². The summed E-state index contributed by atoms with van der Waals surface area (Å²) < 4.78 is 2.61. The molecule has 0 bridgehead atoms. The summed E-state index contributed by atoms with van der Waals surface area (Å²) in [6, 6.07) is 83.5. The third-order valence-corrected chi connectivity index (χ3v) is 13.7. The first-order chi connectivity index (χ1) is 30.7. The van der Waals surface area contributed by atoms with Crippen LogP contribution in [-0.2, 0) is 5.41 Å². The van der Waals surface area contributed by atoms with Crippen LogP contribution in [0, 0.1) is 0 Å². The van der Waals surface area contributed by atoms with Gasteiger partial charge in [-0.3, -0.25) is 0 Å². The number of fused-ring (bicyclic) bond motifs is 6. The summed E-state index contributed by atoms with van der Waals surface area (Å²) in [5.41, 5.74) is 16.6. The highest BCUT2D eigenvalue weighted by Gasteiger charge is 2.46. The van der Waals surface area contributed by atoms with E-state index in [9.17, 15) is 0 Å². The van der Waals surface area contributed by atoms with Gasteiger partial charge in [0.25, 0.3) is 0 Å². The van der Waals surface area contributed by atoms with Gasteiger partial charge in [-0.15, -0.1) is 11.3 Å². The molecule has 2 heterocycles. The molecule has 11 aromatic rings. The van der Waals surface area contributed by atoms with Crippen molar-refractivity contribution in [3.05, 3.63) is 253 Å². The van der Waals surface area contributed by atoms with Gasteiger partial charge in [-0.05, 0) is 86.0 Å². The second-order valence-electron chi connectivity index (χ2n) is 16.1. The summed E-state index contributed by atoms with van der Waals surface area (Å²) in [6.07, 6.45) is 0. The summed E-state index contributed by atoms with van der Waals surface area (Å²) in [4.78, 5) is 10.6. The fourth-order valence-electron chi connectivity index (χ4n) is 9.78. The van der Waals surface area contributed by atoms with Gasteiger partial charge < -0.3 is 0 Å². The van der Waals surface area contributed by atoms with Crippen LogP contribution in [0.5, 0.6) is 0 Å². The van der Waals surface area contributed by atoms with Crippen LogP contribution >= 0.6 is 11.3 Å². The van der Waals surface area contributed by atoms with Crippen LogP contribution in [-0.4, -0.2) is 9.97 Å². The first-order valence-corrected chi connectivity index (χ1v) is 22.0. The van der Waals surface area contributed by atoms with E-state index in [2.05, 4.69) is 224 Å². The second-order valence-corrected chi connectivity index (χ2v) is 17.1. The van der Waals surface area contributed by atoms with Crippen molar-refractivity contribution < 1.29 is 0 Å². The van der Waals surface area contributed by atoms with Gasteiger partial charge >= 0.3 is 0 Å². The van der Waals surface area contributed by atoms with E-state index in [0.29, 0.717) is 5.82 Å². The maximum Gasteiger partial charge on any atom is 0.160 e. The van der Waals surface area contributed by atoms with Gasteiger partial charge in [0.1, 0.15) is 0 Å². The molecule has 3 heteroatoms. The largest absolute Gasteiger partial charge is 0.228 e. The van der Waals surface area contributed by atoms with E-state index in [1.165, 1.54) is 59.1 Å². The fraction of sp³-hybridized carbons (Fsp3) is 0.0169. The molecule has 1 aliphatic carbocycles. The number of aromatic nitrogens is 2. The highest BCUT2D eigenvalue weighted by Crippen LogP contribution is 2.57. The van der Waals surface area contributed by atoms with Crippen LogP contribution in [0.25, 0.3) is 87.5 Å². The van der Waals surface area contributed by atoms with Gasteiger partial charge in [0.2, 0.25) is 0 Å². The molecule has 9 aromatic carbocycles. The van der Waals surface area contributed by atoms with Crippen molar-refractivity contribution in [3.63, 3.8) is 0 Å². The first-order valence-electron chi connectivity index (χ1n) is 21.1. The molecule has 2 aromatic heterocycles. The zero-order valence-corrected chi connectivity index (χ0v) is 34.6. The lowest BCUT2D eigenvalue weighted by Gasteiger charge is -2.34. The van der Waals surface area contributed by atoms with Crippen molar-refractivity contribution in [2.45, 2.75) is 5.41 Å². The molecule has 0 spiro atoms. The number of rotatable bonds is 7. The van der Waals surface area contributed by atoms with E-state index in [1.54, 1.807) is 0 Å². The smallest absolute Gasteiger partial charge is 0.160 e. The Hall–Kier alpha value is -7.72. The Labute approximate surface area is 365 Å². The van der Waals surface area contributed by atoms with Crippen molar-refractivity contribution in [2.75, 3.05) is 0 Å². The van der Waals surface area contributed by atoms with E-state index in [0.717, 1.165) is 44.8 Å². The van der Waals surface area contributed by atoms with Gasteiger partial charge in [0.15, 0.2) is 5.82 Å². The quantitative estimate of drug-likeness (QED) is 0.160. The molecular formula is C59H38N2S. The predicted octanol–water partition coefficient (Wildman–Crippen LogP) is 15.5. The molecule has 0 aliphatic heterocycles. The number of thiophene rings is 1. The molecule has 1 aliphatic rings. The highest BCUT2D eigenvalue weighted by molar-refractivity contribution is 7.25. The predicted molar refractivity (Wildman–Crippen MR) is 259 cm³/mol. The maximum absolute atomic E-state index is 5.34. The fourth-order valence-corrected chi connectivity index (χ4v) is 10.9. The van der Waals surface area contributed by atoms with Crippen LogP contribution in [0.4, 0.5) is 0 Å². The molecule has 12 rings (SSSR count). The Morgan fingerprint density at radius 1 is 0.306 bits per heavy atom. The monoisotopic (exact) mass is 806 g/mol. The lowest BCUT2D eigenvalue weighted by molar-refractivity contribution is 0.769. The minimum Gasteiger partial charge on any atom is -0.228 e. The Morgan fingerprint density at radius 3 is 1.66 bits per heavy atom. The van der Waals surface area contributed by atoms with E-state index in [-0.39, 0.29) is 0 Å². The molecular weight excluding hydrogens is 769 g/mol. The second kappa shape index (κ2) is 14.8. The third kappa shape index (κ3) is 5.85. The van der Waals surface area contributed by atoms with Crippen LogP contribution in [0.3, 0.4) is 0 Å². The van der Waals surface area contributed by atoms with Crippen molar-refractivity contribution in [1.82, 2.24) is 9.97 Å². The molecule has 0 unspecified atom stereocenters. The molecule has 0 radical (unpaired) electrons. The minimum atomic E-state index is -0.492. The molecule has 0 saturated carbocycles. The molecule has 0 N–H and O–H groups in total. The molecule has 0 atom stereocenters. The SMILES string of the molecule is c1ccc(-c2nc(-c3cccc(-c4ccc5c(c4)sc4ccccc45)c3)cc(-c3ccccc3-c3ccc4c(c3)C(c3ccccc3)(c3ccccc3)c3ccccc3-4)n2)cc1. The summed E-state index contributed by atoms with van der Waals surface area (Å²) in [6.45, 7) is 0. The van der Waals surface area contributed by atoms with Gasteiger partial charge in [-0.2, -0.15) is 0 Å². The van der Waals surface area contributed by atoms with Crippen LogP contribution in [0.15, 0.2) is 231 Å². The van der Waals surface area contributed by atoms with Crippen LogP contribution in [0.2, 0.25) is 0 Å². The summed E-state index contributed by atoms with van der Waals surface area (Å²) in [5, 5.41) is 2.61. The van der Waals surface area contributed by atoms with Crippen molar-refractivity contribution in [1.29, 1.82) is 0 Å². The van der Waals surface area contributed by atoms with Crippen molar-refractivity contribution in [3.8, 4) is 67.3 Å². The molecule has 0 fully saturated rings. The summed E-state index contributed by atoms with van der Waals surface area (Å²) in [7, 11) is 0. The number of hydrogen-bond acceptors (Lipinski definition) is 3. The average Bonchev–Trinajstić information content (AvgIpc) is 3.88. The number of benzene rings is 9. The Balaban J connectivity index is 1.02. The third-order valence-electron chi connectivity index (χ3n) is 12.6. The number of hydrogen-bond donors (Lipinski definition) is 0. The zero-order chi connectivity index (χ0) is 41.0. The zero-order valence-electron chi connectivity index (χ0n) is 33.7. The Kier molecular flexibility index (Phi) is 8.62. The standard InChI is InChI=1S/C59H38N2S/c1-4-17-39(18-5-1)58-60-54(43-20-16-19-40(35-43)41-31-34-51-50-28-13-15-30-56(50)62-57(51)37-41)38-55(61-58)49-27-11-10-25-46(49)42-32-33-48-47-26-12-14-29-52(47)59(53(48)36-42,44-21-6-2-7-22-44)45-23-8-3-9-24-45/h1-38H. The molecule has 0 saturated heterocycles. The summed E-state index contributed by atoms with van der Waals surface area (Å²) >= 11 is 1.85. The van der Waals surface area contributed by atoms with E-state index in [4.69, 9.17) is 9.97 Å². The van der Waals surface area contributed by atoms with Gasteiger partial charge in [0.05, 0.1) is 16.8 Å². The van der Waals surface area contributed by atoms with E-state index in [1.807, 2.05) is 17.4 Å². The van der Waals surface area contributed by atoms with Gasteiger partial charge in [-0.25, -0.2) is 9.97 Å². The van der Waals surface area contributed by atoms with Crippen molar-refractivity contribution in [2.24, 2.45) is 0 Å². The molecule has 0 amide bonds. The number of nitrogens with zero attached hydrogens (tertiary/aromatic N) is 2. The molecule has 290 valence electrons. The van der Waals surface area contributed by atoms with E-state index < -0.39 is 5.41 Å². The normalized spacial score (nSPS) is 12.6. The topological polar surface area (TPSA) is 25.8 Å². The van der Waals surface area contributed by atoms with E-state index >= 15 is 0 Å². The Morgan fingerprint density at radius 2 is 0.871 bits per heavy atom. The molecule has 62 heavy (non-hydrogen) atoms. The average molecular weight is 807 g/mol. The highest BCUT2D eigenvalue weighted by atomic mass is 32.1. The minimum absolute atomic E-state index is 0.492. The van der Waals surface area contributed by atoms with Crippen LogP contribution in [0.1, 0.15) is 22.3 Å². The van der Waals surface area contributed by atoms with Gasteiger partial charge in [-0.1, -0.05) is 200 Å². The van der Waals surface area contributed by atoms with Crippen molar-refractivity contribution >= 4 is 31.5 Å². The lowest BCUT2D eigenvalue weighted by atomic mass is 9.67. The van der Waals surface area contributed by atoms with Crippen LogP contribution < -0.4 is 0 Å². The first kappa shape index (κ1) is 36.2. The summed E-state index contributed by atoms with van der Waals surface area (Å²) in [5.74, 6) is 0.696. The lowest BCUT2D eigenvalue weighted by Crippen LogP contribution is -2.28.